The number of carboxylic acids is 2. The van der Waals surface area contributed by atoms with Crippen molar-refractivity contribution in [3.05, 3.63) is 166 Å². The van der Waals surface area contributed by atoms with E-state index in [9.17, 15) is 54.6 Å². The molecule has 0 aromatic heterocycles. The van der Waals surface area contributed by atoms with Crippen LogP contribution in [0.5, 0.6) is 11.5 Å². The van der Waals surface area contributed by atoms with E-state index in [1.807, 2.05) is 0 Å². The van der Waals surface area contributed by atoms with Gasteiger partial charge in [0, 0.05) is 34.6 Å². The van der Waals surface area contributed by atoms with Crippen LogP contribution in [0.25, 0.3) is 0 Å². The molecule has 15 heteroatoms. The molecule has 0 saturated carbocycles. The van der Waals surface area contributed by atoms with Crippen molar-refractivity contribution in [2.75, 3.05) is 21.3 Å². The number of carbonyl (C=O) groups is 5. The first-order valence-corrected chi connectivity index (χ1v) is 19.4. The monoisotopic (exact) mass is 838 g/mol. The highest BCUT2D eigenvalue weighted by Gasteiger charge is 2.55. The molecule has 3 aliphatic rings. The van der Waals surface area contributed by atoms with Crippen molar-refractivity contribution in [1.82, 2.24) is 0 Å². The number of hydrogen-bond donors (Lipinski definition) is 10. The van der Waals surface area contributed by atoms with Crippen molar-refractivity contribution in [2.24, 2.45) is 0 Å². The van der Waals surface area contributed by atoms with Gasteiger partial charge in [-0.05, 0) is 86.4 Å². The minimum Gasteiger partial charge on any atom is -0.508 e. The molecule has 0 fully saturated rings. The fourth-order valence-electron chi connectivity index (χ4n) is 8.09. The number of para-hydroxylation sites is 2. The summed E-state index contributed by atoms with van der Waals surface area (Å²) in [5.41, 5.74) is -3.42. The van der Waals surface area contributed by atoms with Crippen LogP contribution in [0.4, 0.5) is 22.7 Å². The number of ketones is 2. The number of benzene rings is 4. The number of aliphatic hydroxyl groups is 2. The molecule has 2 heterocycles. The van der Waals surface area contributed by atoms with Gasteiger partial charge in [0.15, 0.2) is 17.1 Å². The molecule has 7 rings (SSSR count). The number of rotatable bonds is 6. The molecule has 0 bridgehead atoms. The molecule has 1 aliphatic carbocycles. The lowest BCUT2D eigenvalue weighted by molar-refractivity contribution is -0.129. The highest BCUT2D eigenvalue weighted by atomic mass is 16.4. The van der Waals surface area contributed by atoms with Crippen molar-refractivity contribution in [2.45, 2.75) is 50.0 Å². The number of anilines is 4. The molecule has 62 heavy (non-hydrogen) atoms. The Kier molecular flexibility index (Phi) is 11.2. The third-order valence-electron chi connectivity index (χ3n) is 11.1. The van der Waals surface area contributed by atoms with Gasteiger partial charge in [0.1, 0.15) is 11.5 Å². The van der Waals surface area contributed by atoms with E-state index >= 15 is 0 Å². The Morgan fingerprint density at radius 1 is 0.645 bits per heavy atom. The van der Waals surface area contributed by atoms with E-state index in [0.717, 1.165) is 6.08 Å². The van der Waals surface area contributed by atoms with Crippen molar-refractivity contribution in [1.29, 1.82) is 0 Å². The van der Waals surface area contributed by atoms with Gasteiger partial charge in [0.05, 0.1) is 40.4 Å². The highest BCUT2D eigenvalue weighted by molar-refractivity contribution is 6.26. The molecule has 0 saturated heterocycles. The predicted molar refractivity (Wildman–Crippen MR) is 230 cm³/mol. The molecule has 0 unspecified atom stereocenters. The van der Waals surface area contributed by atoms with E-state index in [-0.39, 0.29) is 86.2 Å². The Balaban J connectivity index is 1.41. The maximum atomic E-state index is 14.8. The van der Waals surface area contributed by atoms with Gasteiger partial charge in [-0.15, -0.1) is 0 Å². The first kappa shape index (κ1) is 42.4. The number of nitrogens with one attached hydrogen (secondary N) is 4. The first-order chi connectivity index (χ1) is 29.5. The Morgan fingerprint density at radius 2 is 1.06 bits per heavy atom. The summed E-state index contributed by atoms with van der Waals surface area (Å²) in [6.45, 7) is 7.39. The topological polar surface area (TPSA) is 255 Å². The summed E-state index contributed by atoms with van der Waals surface area (Å²) in [4.78, 5) is 68.3. The van der Waals surface area contributed by atoms with Gasteiger partial charge in [-0.3, -0.25) is 14.4 Å². The van der Waals surface area contributed by atoms with Gasteiger partial charge < -0.3 is 51.9 Å². The number of carbonyl (C=O) groups excluding carboxylic acids is 3. The average Bonchev–Trinajstić information content (AvgIpc) is 3.67. The summed E-state index contributed by atoms with van der Waals surface area (Å²) >= 11 is 0. The lowest BCUT2D eigenvalue weighted by Crippen LogP contribution is -2.49. The van der Waals surface area contributed by atoms with Gasteiger partial charge in [0.25, 0.3) is 5.91 Å². The van der Waals surface area contributed by atoms with Crippen LogP contribution in [-0.2, 0) is 25.5 Å². The minimum atomic E-state index is -2.36. The SMILES string of the molecule is C=C1Nc2cc(O)cc3c2[C@@]1(Nc1ccccc1C(=O)O)C(=O)/C=C/C(C)=C/C[C@H](O)c1cc(O)cc2c1[C@](Nc1ccccc1C(=O)O)(C(=O)/C=C/C(C)=C\C[C@@H]3O)C(=O)N2. The lowest BCUT2D eigenvalue weighted by atomic mass is 9.79. The fraction of sp³-hybridized carbons (Fsp3) is 0.170. The van der Waals surface area contributed by atoms with E-state index in [1.54, 1.807) is 32.1 Å². The van der Waals surface area contributed by atoms with Crippen LogP contribution in [0.3, 0.4) is 0 Å². The van der Waals surface area contributed by atoms with E-state index in [1.165, 1.54) is 85.0 Å². The van der Waals surface area contributed by atoms with Crippen LogP contribution in [0.2, 0.25) is 0 Å². The van der Waals surface area contributed by atoms with E-state index in [4.69, 9.17) is 0 Å². The molecule has 4 aromatic rings. The van der Waals surface area contributed by atoms with E-state index < -0.39 is 52.7 Å². The van der Waals surface area contributed by atoms with Crippen molar-refractivity contribution in [3.63, 3.8) is 0 Å². The molecule has 10 N–H and O–H groups in total. The standard InChI is InChI=1S/C47H42N4O11/c1-24-13-17-38(55)32-21-28(53)23-36-42(32)47(45(62)49-36,51-34-11-7-5-9-30(34)44(60)61)40(57)19-15-25(2)12-16-37(54)31-20-27(52)22-35-41(31)46(26(3)48-35,39(56)18-14-24)50-33-10-6-4-8-29(33)43(58)59/h4-15,18-23,37-38,48,50-55H,3,16-17H2,1-2H3,(H,49,62)(H,58,59)(H,60,61)/b18-14+,19-15+,24-13+,25-12-/t37-,38-,46-,47+/m0/s1. The quantitative estimate of drug-likeness (QED) is 0.0907. The molecule has 4 atom stereocenters. The Bertz CT molecular complexity index is 2550. The summed E-state index contributed by atoms with van der Waals surface area (Å²) < 4.78 is 0. The Hall–Kier alpha value is -7.75. The third-order valence-corrected chi connectivity index (χ3v) is 11.1. The van der Waals surface area contributed by atoms with Crippen LogP contribution < -0.4 is 21.3 Å². The zero-order valence-electron chi connectivity index (χ0n) is 33.4. The fourth-order valence-corrected chi connectivity index (χ4v) is 8.09. The third kappa shape index (κ3) is 7.39. The lowest BCUT2D eigenvalue weighted by Gasteiger charge is -2.33. The molecule has 1 amide bonds. The number of phenolic OH excluding ortho intramolecular Hbond substituents is 2. The average molecular weight is 839 g/mol. The molecule has 2 aliphatic heterocycles. The van der Waals surface area contributed by atoms with Gasteiger partial charge in [-0.1, -0.05) is 66.3 Å². The second kappa shape index (κ2) is 16.4. The van der Waals surface area contributed by atoms with Crippen molar-refractivity contribution >= 4 is 52.2 Å². The largest absolute Gasteiger partial charge is 0.508 e. The normalized spacial score (nSPS) is 25.1. The van der Waals surface area contributed by atoms with Crippen LogP contribution in [0.15, 0.2) is 133 Å². The zero-order chi connectivity index (χ0) is 44.7. The van der Waals surface area contributed by atoms with Crippen molar-refractivity contribution < 1.29 is 54.6 Å². The summed E-state index contributed by atoms with van der Waals surface area (Å²) in [5, 5.41) is 77.1. The Labute approximate surface area is 354 Å². The molecule has 15 nitrogen and oxygen atoms in total. The number of amides is 1. The zero-order valence-corrected chi connectivity index (χ0v) is 33.4. The van der Waals surface area contributed by atoms with Crippen LogP contribution in [-0.4, -0.2) is 60.1 Å². The smallest absolute Gasteiger partial charge is 0.337 e. The Morgan fingerprint density at radius 3 is 1.55 bits per heavy atom. The molecule has 0 radical (unpaired) electrons. The molecule has 0 spiro atoms. The summed E-state index contributed by atoms with van der Waals surface area (Å²) in [6, 6.07) is 16.7. The summed E-state index contributed by atoms with van der Waals surface area (Å²) in [6.07, 6.45) is 5.10. The maximum absolute atomic E-state index is 14.8. The molecular formula is C47H42N4O11. The number of aromatic carboxylic acids is 2. The number of hydrogen-bond acceptors (Lipinski definition) is 12. The molecular weight excluding hydrogens is 797 g/mol. The highest BCUT2D eigenvalue weighted by Crippen LogP contribution is 2.51. The number of aromatic hydroxyl groups is 2. The van der Waals surface area contributed by atoms with Crippen molar-refractivity contribution in [3.8, 4) is 11.5 Å². The number of allylic oxidation sites excluding steroid dienone is 4. The van der Waals surface area contributed by atoms with E-state index in [2.05, 4.69) is 27.8 Å². The molecule has 316 valence electrons. The number of phenols is 2. The number of carboxylic acid groups (broad SMARTS) is 2. The van der Waals surface area contributed by atoms with Gasteiger partial charge in [0.2, 0.25) is 5.54 Å². The minimum absolute atomic E-state index is 0.0104. The van der Waals surface area contributed by atoms with Gasteiger partial charge >= 0.3 is 11.9 Å². The van der Waals surface area contributed by atoms with Crippen LogP contribution in [0, 0.1) is 0 Å². The second-order valence-corrected chi connectivity index (χ2v) is 15.2. The second-order valence-electron chi connectivity index (χ2n) is 15.2. The van der Waals surface area contributed by atoms with Gasteiger partial charge in [-0.25, -0.2) is 9.59 Å². The summed E-state index contributed by atoms with van der Waals surface area (Å²) in [7, 11) is 0. The van der Waals surface area contributed by atoms with Gasteiger partial charge in [-0.2, -0.15) is 0 Å². The summed E-state index contributed by atoms with van der Waals surface area (Å²) in [5.74, 6) is -5.64. The van der Waals surface area contributed by atoms with Crippen LogP contribution in [0.1, 0.15) is 81.9 Å². The predicted octanol–water partition coefficient (Wildman–Crippen LogP) is 6.70. The number of aliphatic hydroxyl groups excluding tert-OH is 2. The maximum Gasteiger partial charge on any atom is 0.337 e. The van der Waals surface area contributed by atoms with Crippen LogP contribution >= 0.6 is 0 Å². The molecule has 4 aromatic carbocycles. The van der Waals surface area contributed by atoms with E-state index in [0.29, 0.717) is 11.1 Å². The first-order valence-electron chi connectivity index (χ1n) is 19.4.